The van der Waals surface area contributed by atoms with Gasteiger partial charge in [0, 0.05) is 0 Å². The van der Waals surface area contributed by atoms with Crippen molar-refractivity contribution in [2.45, 2.75) is 20.0 Å². The molecule has 1 aromatic rings. The van der Waals surface area contributed by atoms with Crippen LogP contribution >= 0.6 is 0 Å². The minimum atomic E-state index is -1.52. The van der Waals surface area contributed by atoms with Crippen molar-refractivity contribution in [1.29, 1.82) is 0 Å². The van der Waals surface area contributed by atoms with Gasteiger partial charge in [0.05, 0.1) is 0 Å². The van der Waals surface area contributed by atoms with Crippen LogP contribution in [-0.4, -0.2) is 18.8 Å². The van der Waals surface area contributed by atoms with Crippen molar-refractivity contribution in [1.82, 2.24) is 0 Å². The molecule has 1 aromatic carbocycles. The van der Waals surface area contributed by atoms with Gasteiger partial charge in [0.2, 0.25) is 0 Å². The third-order valence-electron chi connectivity index (χ3n) is 2.32. The topological polar surface area (TPSA) is 9.23 Å². The zero-order valence-corrected chi connectivity index (χ0v) is 12.4. The van der Waals surface area contributed by atoms with Crippen molar-refractivity contribution in [2.75, 3.05) is 0 Å². The fourth-order valence-electron chi connectivity index (χ4n) is 1.36. The predicted molar refractivity (Wildman–Crippen MR) is 68.6 cm³/mol. The molecule has 0 bridgehead atoms. The lowest BCUT2D eigenvalue weighted by atomic mass is 10.1. The molecule has 0 fully saturated rings. The Bertz CT molecular complexity index is 317. The van der Waals surface area contributed by atoms with Crippen LogP contribution < -0.4 is 0 Å². The standard InChI is InChI=1S/C11H18OSi2/c1-10(9-14(2,3)12-13)11-7-5-4-6-8-11/h4-9H,1-3,13H3. The van der Waals surface area contributed by atoms with Crippen molar-refractivity contribution < 1.29 is 4.12 Å². The maximum Gasteiger partial charge on any atom is 0.198 e. The first-order chi connectivity index (χ1) is 6.55. The average Bonchev–Trinajstić information content (AvgIpc) is 2.19. The van der Waals surface area contributed by atoms with E-state index in [1.54, 1.807) is 0 Å². The molecule has 1 nitrogen and oxygen atoms in total. The fraction of sp³-hybridized carbons (Fsp3) is 0.273. The van der Waals surface area contributed by atoms with Gasteiger partial charge in [0.15, 0.2) is 8.32 Å². The molecular weight excluding hydrogens is 204 g/mol. The molecule has 0 aliphatic rings. The second kappa shape index (κ2) is 4.73. The number of rotatable bonds is 3. The van der Waals surface area contributed by atoms with Crippen LogP contribution in [0.5, 0.6) is 0 Å². The van der Waals surface area contributed by atoms with Crippen LogP contribution in [0.1, 0.15) is 12.5 Å². The molecule has 0 N–H and O–H groups in total. The summed E-state index contributed by atoms with van der Waals surface area (Å²) in [6.45, 7) is 6.61. The van der Waals surface area contributed by atoms with Crippen LogP contribution in [-0.2, 0) is 4.12 Å². The molecule has 3 heteroatoms. The van der Waals surface area contributed by atoms with E-state index in [1.807, 2.05) is 6.07 Å². The van der Waals surface area contributed by atoms with E-state index < -0.39 is 8.32 Å². The van der Waals surface area contributed by atoms with E-state index in [1.165, 1.54) is 11.1 Å². The fourth-order valence-corrected chi connectivity index (χ4v) is 3.05. The Morgan fingerprint density at radius 3 is 2.36 bits per heavy atom. The molecule has 0 saturated carbocycles. The molecule has 0 radical (unpaired) electrons. The first kappa shape index (κ1) is 11.4. The quantitative estimate of drug-likeness (QED) is 0.712. The van der Waals surface area contributed by atoms with E-state index in [4.69, 9.17) is 4.12 Å². The maximum atomic E-state index is 5.63. The Labute approximate surface area is 90.5 Å². The zero-order chi connectivity index (χ0) is 10.6. The van der Waals surface area contributed by atoms with Gasteiger partial charge < -0.3 is 4.12 Å². The van der Waals surface area contributed by atoms with E-state index >= 15 is 0 Å². The van der Waals surface area contributed by atoms with E-state index in [9.17, 15) is 0 Å². The zero-order valence-electron chi connectivity index (χ0n) is 9.37. The van der Waals surface area contributed by atoms with Crippen LogP contribution in [0.15, 0.2) is 36.0 Å². The summed E-state index contributed by atoms with van der Waals surface area (Å²) in [5.41, 5.74) is 4.94. The highest BCUT2D eigenvalue weighted by molar-refractivity contribution is 6.79. The summed E-state index contributed by atoms with van der Waals surface area (Å²) in [6.07, 6.45) is 0. The van der Waals surface area contributed by atoms with Crippen molar-refractivity contribution in [3.63, 3.8) is 0 Å². The molecular formula is C11H18OSi2. The van der Waals surface area contributed by atoms with E-state index in [0.717, 1.165) is 10.5 Å². The van der Waals surface area contributed by atoms with Gasteiger partial charge in [0.1, 0.15) is 10.5 Å². The Balaban J connectivity index is 2.91. The highest BCUT2D eigenvalue weighted by Crippen LogP contribution is 2.17. The van der Waals surface area contributed by atoms with Crippen LogP contribution in [0.2, 0.25) is 13.1 Å². The second-order valence-corrected chi connectivity index (χ2v) is 9.13. The Hall–Kier alpha value is -0.646. The van der Waals surface area contributed by atoms with Crippen molar-refractivity contribution in [3.05, 3.63) is 41.6 Å². The Kier molecular flexibility index (Phi) is 3.86. The van der Waals surface area contributed by atoms with Crippen molar-refractivity contribution in [2.24, 2.45) is 0 Å². The normalized spacial score (nSPS) is 13.2. The molecule has 0 saturated heterocycles. The third kappa shape index (κ3) is 3.25. The van der Waals surface area contributed by atoms with Crippen molar-refractivity contribution in [3.8, 4) is 0 Å². The van der Waals surface area contributed by atoms with Crippen molar-refractivity contribution >= 4 is 24.4 Å². The molecule has 0 atom stereocenters. The first-order valence-corrected chi connectivity index (χ1v) is 8.65. The SMILES string of the molecule is CC(=C[Si](C)(C)O[SiH3])c1ccccc1. The average molecular weight is 222 g/mol. The Morgan fingerprint density at radius 2 is 1.86 bits per heavy atom. The largest absolute Gasteiger partial charge is 0.461 e. The predicted octanol–water partition coefficient (Wildman–Crippen LogP) is 2.13. The van der Waals surface area contributed by atoms with Gasteiger partial charge in [-0.25, -0.2) is 0 Å². The van der Waals surface area contributed by atoms with Gasteiger partial charge in [0.25, 0.3) is 0 Å². The molecule has 14 heavy (non-hydrogen) atoms. The first-order valence-electron chi connectivity index (χ1n) is 4.85. The van der Waals surface area contributed by atoms with Crippen LogP contribution in [0.4, 0.5) is 0 Å². The lowest BCUT2D eigenvalue weighted by Gasteiger charge is -2.17. The summed E-state index contributed by atoms with van der Waals surface area (Å²) in [4.78, 5) is 0. The summed E-state index contributed by atoms with van der Waals surface area (Å²) in [5.74, 6) is 0. The highest BCUT2D eigenvalue weighted by atomic mass is 28.4. The van der Waals surface area contributed by atoms with Crippen LogP contribution in [0, 0.1) is 0 Å². The molecule has 76 valence electrons. The molecule has 0 unspecified atom stereocenters. The Morgan fingerprint density at radius 1 is 1.29 bits per heavy atom. The molecule has 0 aliphatic heterocycles. The maximum absolute atomic E-state index is 5.63. The van der Waals surface area contributed by atoms with Crippen LogP contribution in [0.25, 0.3) is 5.57 Å². The van der Waals surface area contributed by atoms with Crippen LogP contribution in [0.3, 0.4) is 0 Å². The van der Waals surface area contributed by atoms with Gasteiger partial charge in [-0.2, -0.15) is 0 Å². The van der Waals surface area contributed by atoms with E-state index in [2.05, 4.69) is 50.0 Å². The van der Waals surface area contributed by atoms with E-state index in [-0.39, 0.29) is 0 Å². The highest BCUT2D eigenvalue weighted by Gasteiger charge is 2.16. The molecule has 0 heterocycles. The lowest BCUT2D eigenvalue weighted by Crippen LogP contribution is -2.26. The van der Waals surface area contributed by atoms with E-state index in [0.29, 0.717) is 0 Å². The van der Waals surface area contributed by atoms with Gasteiger partial charge in [-0.15, -0.1) is 0 Å². The molecule has 1 rings (SSSR count). The summed E-state index contributed by atoms with van der Waals surface area (Å²) >= 11 is 0. The minimum Gasteiger partial charge on any atom is -0.461 e. The molecule has 0 aliphatic carbocycles. The summed E-state index contributed by atoms with van der Waals surface area (Å²) in [7, 11) is -0.691. The minimum absolute atomic E-state index is 0.832. The smallest absolute Gasteiger partial charge is 0.198 e. The van der Waals surface area contributed by atoms with Gasteiger partial charge >= 0.3 is 0 Å². The van der Waals surface area contributed by atoms with Gasteiger partial charge in [-0.05, 0) is 31.2 Å². The van der Waals surface area contributed by atoms with Gasteiger partial charge in [-0.1, -0.05) is 36.0 Å². The second-order valence-electron chi connectivity index (χ2n) is 4.00. The molecule has 0 spiro atoms. The monoisotopic (exact) mass is 222 g/mol. The molecule has 0 amide bonds. The number of hydrogen-bond acceptors (Lipinski definition) is 1. The summed E-state index contributed by atoms with van der Waals surface area (Å²) < 4.78 is 5.63. The summed E-state index contributed by atoms with van der Waals surface area (Å²) in [6, 6.07) is 10.5. The third-order valence-corrected chi connectivity index (χ3v) is 7.66. The number of hydrogen-bond donors (Lipinski definition) is 0. The van der Waals surface area contributed by atoms with Gasteiger partial charge in [-0.3, -0.25) is 0 Å². The lowest BCUT2D eigenvalue weighted by molar-refractivity contribution is 0.627. The number of benzene rings is 1. The molecule has 0 aromatic heterocycles. The number of allylic oxidation sites excluding steroid dienone is 1. The summed E-state index contributed by atoms with van der Waals surface area (Å²) in [5, 5.41) is 0.